The van der Waals surface area contributed by atoms with Crippen molar-refractivity contribution in [2.24, 2.45) is 0 Å². The van der Waals surface area contributed by atoms with Crippen molar-refractivity contribution in [2.45, 2.75) is 18.4 Å². The monoisotopic (exact) mass is 489 g/mol. The number of hydrogen-bond donors (Lipinski definition) is 1. The number of halogens is 1. The van der Waals surface area contributed by atoms with Crippen molar-refractivity contribution < 1.29 is 17.5 Å². The van der Waals surface area contributed by atoms with Gasteiger partial charge in [0.1, 0.15) is 23.0 Å². The Morgan fingerprint density at radius 3 is 2.57 bits per heavy atom. The minimum Gasteiger partial charge on any atom is -0.456 e. The van der Waals surface area contributed by atoms with Crippen molar-refractivity contribution in [1.29, 1.82) is 0 Å². The highest BCUT2D eigenvalue weighted by atomic mass is 32.2. The smallest absolute Gasteiger partial charge is 0.195 e. The number of aromatic amines is 1. The van der Waals surface area contributed by atoms with Crippen molar-refractivity contribution in [2.75, 3.05) is 5.75 Å². The highest BCUT2D eigenvalue weighted by molar-refractivity contribution is 7.91. The van der Waals surface area contributed by atoms with Gasteiger partial charge in [0.15, 0.2) is 20.7 Å². The van der Waals surface area contributed by atoms with E-state index in [1.54, 1.807) is 37.4 Å². The van der Waals surface area contributed by atoms with Crippen LogP contribution in [0.5, 0.6) is 11.5 Å². The largest absolute Gasteiger partial charge is 0.456 e. The first-order valence-electron chi connectivity index (χ1n) is 10.8. The topological polar surface area (TPSA) is 111 Å². The number of H-pyrrole nitrogens is 1. The summed E-state index contributed by atoms with van der Waals surface area (Å²) < 4.78 is 44.4. The Morgan fingerprint density at radius 1 is 0.971 bits per heavy atom. The van der Waals surface area contributed by atoms with Crippen LogP contribution in [0.3, 0.4) is 0 Å². The lowest BCUT2D eigenvalue weighted by molar-refractivity contribution is 0.479. The molecule has 1 N–H and O–H groups in total. The molecule has 0 saturated carbocycles. The van der Waals surface area contributed by atoms with Gasteiger partial charge in [0.05, 0.1) is 29.2 Å². The van der Waals surface area contributed by atoms with Crippen LogP contribution in [0.2, 0.25) is 0 Å². The molecular weight excluding hydrogens is 469 g/mol. The third-order valence-electron chi connectivity index (χ3n) is 5.43. The van der Waals surface area contributed by atoms with Crippen molar-refractivity contribution in [3.05, 3.63) is 90.3 Å². The second-order valence-corrected chi connectivity index (χ2v) is 9.99. The van der Waals surface area contributed by atoms with E-state index in [1.165, 1.54) is 24.7 Å². The van der Waals surface area contributed by atoms with Crippen molar-refractivity contribution in [1.82, 2.24) is 24.9 Å². The number of aromatic nitrogens is 5. The molecule has 5 aromatic rings. The zero-order chi connectivity index (χ0) is 24.4. The predicted octanol–water partition coefficient (Wildman–Crippen LogP) is 4.73. The van der Waals surface area contributed by atoms with Gasteiger partial charge in [0.25, 0.3) is 0 Å². The van der Waals surface area contributed by atoms with Crippen molar-refractivity contribution in [3.63, 3.8) is 0 Å². The number of fused-ring (bicyclic) bond motifs is 1. The standard InChI is InChI=1S/C25H20FN5O3S/c1-2-35(32,33)23-7-6-18(14-29-23)34-19-12-17(11-16-8-10-27-15-20(16)26)24-22(13-19)30-25(31-24)21-5-3-4-9-28-21/h3-10,12-15H,2,11H2,1H3,(H,30,31). The van der Waals surface area contributed by atoms with E-state index < -0.39 is 15.7 Å². The average molecular weight is 490 g/mol. The zero-order valence-electron chi connectivity index (χ0n) is 18.6. The molecule has 0 atom stereocenters. The van der Waals surface area contributed by atoms with Crippen LogP contribution in [0.4, 0.5) is 4.39 Å². The molecule has 0 aliphatic rings. The molecule has 0 fully saturated rings. The van der Waals surface area contributed by atoms with Crippen molar-refractivity contribution >= 4 is 20.9 Å². The van der Waals surface area contributed by atoms with E-state index in [9.17, 15) is 12.8 Å². The maximum Gasteiger partial charge on any atom is 0.195 e. The maximum atomic E-state index is 14.4. The lowest BCUT2D eigenvalue weighted by Crippen LogP contribution is -2.05. The molecule has 0 unspecified atom stereocenters. The number of rotatable bonds is 7. The van der Waals surface area contributed by atoms with E-state index >= 15 is 0 Å². The molecule has 0 bridgehead atoms. The minimum absolute atomic E-state index is 0.00905. The molecule has 5 rings (SSSR count). The van der Waals surface area contributed by atoms with Crippen LogP contribution in [0.25, 0.3) is 22.6 Å². The molecule has 176 valence electrons. The summed E-state index contributed by atoms with van der Waals surface area (Å²) in [6, 6.07) is 13.7. The summed E-state index contributed by atoms with van der Waals surface area (Å²) in [6.07, 6.45) is 6.02. The Labute approximate surface area is 200 Å². The maximum absolute atomic E-state index is 14.4. The van der Waals surface area contributed by atoms with Gasteiger partial charge >= 0.3 is 0 Å². The van der Waals surface area contributed by atoms with Gasteiger partial charge in [0, 0.05) is 24.9 Å². The Hall–Kier alpha value is -4.18. The summed E-state index contributed by atoms with van der Waals surface area (Å²) in [7, 11) is -3.41. The lowest BCUT2D eigenvalue weighted by atomic mass is 10.0. The first-order chi connectivity index (χ1) is 16.9. The molecule has 4 aromatic heterocycles. The molecular formula is C25H20FN5O3S. The van der Waals surface area contributed by atoms with E-state index in [1.807, 2.05) is 18.2 Å². The second-order valence-electron chi connectivity index (χ2n) is 7.76. The van der Waals surface area contributed by atoms with E-state index in [0.717, 1.165) is 5.56 Å². The highest BCUT2D eigenvalue weighted by Crippen LogP contribution is 2.31. The van der Waals surface area contributed by atoms with Gasteiger partial charge in [-0.15, -0.1) is 0 Å². The quantitative estimate of drug-likeness (QED) is 0.352. The summed E-state index contributed by atoms with van der Waals surface area (Å²) in [6.45, 7) is 1.56. The molecule has 1 aromatic carbocycles. The third kappa shape index (κ3) is 4.73. The fourth-order valence-electron chi connectivity index (χ4n) is 3.63. The Kier molecular flexibility index (Phi) is 5.96. The van der Waals surface area contributed by atoms with E-state index in [4.69, 9.17) is 9.72 Å². The SMILES string of the molecule is CCS(=O)(=O)c1ccc(Oc2cc(Cc3ccncc3F)c3nc(-c4ccccn4)[nH]c3c2)cn1. The van der Waals surface area contributed by atoms with Crippen LogP contribution >= 0.6 is 0 Å². The summed E-state index contributed by atoms with van der Waals surface area (Å²) in [4.78, 5) is 20.2. The first-order valence-corrected chi connectivity index (χ1v) is 12.5. The molecule has 0 aliphatic heterocycles. The zero-order valence-corrected chi connectivity index (χ0v) is 19.5. The van der Waals surface area contributed by atoms with E-state index in [0.29, 0.717) is 39.6 Å². The van der Waals surface area contributed by atoms with Gasteiger partial charge in [-0.1, -0.05) is 13.0 Å². The Morgan fingerprint density at radius 2 is 1.86 bits per heavy atom. The molecule has 8 nitrogen and oxygen atoms in total. The van der Waals surface area contributed by atoms with Crippen LogP contribution in [-0.2, 0) is 16.3 Å². The van der Waals surface area contributed by atoms with E-state index in [-0.39, 0.29) is 17.2 Å². The Bertz CT molecular complexity index is 1600. The van der Waals surface area contributed by atoms with Crippen LogP contribution in [0.1, 0.15) is 18.1 Å². The van der Waals surface area contributed by atoms with Gasteiger partial charge in [-0.25, -0.2) is 22.8 Å². The molecule has 4 heterocycles. The Balaban J connectivity index is 1.55. The number of ether oxygens (including phenoxy) is 1. The van der Waals surface area contributed by atoms with Crippen LogP contribution in [0.15, 0.2) is 78.3 Å². The van der Waals surface area contributed by atoms with Crippen LogP contribution < -0.4 is 4.74 Å². The predicted molar refractivity (Wildman–Crippen MR) is 128 cm³/mol. The summed E-state index contributed by atoms with van der Waals surface area (Å²) in [5.74, 6) is 0.954. The third-order valence-corrected chi connectivity index (χ3v) is 7.07. The van der Waals surface area contributed by atoms with Gasteiger partial charge < -0.3 is 9.72 Å². The molecule has 0 saturated heterocycles. The molecule has 0 amide bonds. The van der Waals surface area contributed by atoms with Gasteiger partial charge in [0.2, 0.25) is 0 Å². The normalized spacial score (nSPS) is 11.6. The molecule has 10 heteroatoms. The van der Waals surface area contributed by atoms with E-state index in [2.05, 4.69) is 19.9 Å². The fraction of sp³-hybridized carbons (Fsp3) is 0.120. The van der Waals surface area contributed by atoms with Gasteiger partial charge in [-0.05, 0) is 47.5 Å². The van der Waals surface area contributed by atoms with Crippen molar-refractivity contribution in [3.8, 4) is 23.0 Å². The highest BCUT2D eigenvalue weighted by Gasteiger charge is 2.16. The molecule has 35 heavy (non-hydrogen) atoms. The fourth-order valence-corrected chi connectivity index (χ4v) is 4.41. The average Bonchev–Trinajstić information content (AvgIpc) is 3.31. The number of sulfone groups is 1. The molecule has 0 spiro atoms. The second kappa shape index (κ2) is 9.22. The molecule has 0 radical (unpaired) electrons. The number of benzene rings is 1. The number of nitrogens with one attached hydrogen (secondary N) is 1. The summed E-state index contributed by atoms with van der Waals surface area (Å²) in [5, 5.41) is -0.00905. The number of hydrogen-bond acceptors (Lipinski definition) is 7. The minimum atomic E-state index is -3.41. The number of pyridine rings is 3. The number of nitrogens with zero attached hydrogens (tertiary/aromatic N) is 4. The number of imidazole rings is 1. The molecule has 0 aliphatic carbocycles. The van der Waals surface area contributed by atoms with Crippen LogP contribution in [-0.4, -0.2) is 39.1 Å². The summed E-state index contributed by atoms with van der Waals surface area (Å²) in [5.41, 5.74) is 3.22. The van der Waals surface area contributed by atoms with Gasteiger partial charge in [-0.3, -0.25) is 9.97 Å². The summed E-state index contributed by atoms with van der Waals surface area (Å²) >= 11 is 0. The van der Waals surface area contributed by atoms with Gasteiger partial charge in [-0.2, -0.15) is 0 Å². The first kappa shape index (κ1) is 22.6. The lowest BCUT2D eigenvalue weighted by Gasteiger charge is -2.10. The van der Waals surface area contributed by atoms with Crippen LogP contribution in [0, 0.1) is 5.82 Å².